The van der Waals surface area contributed by atoms with Crippen LogP contribution in [0.5, 0.6) is 0 Å². The van der Waals surface area contributed by atoms with Gasteiger partial charge in [-0.25, -0.2) is 12.7 Å². The molecule has 0 radical (unpaired) electrons. The van der Waals surface area contributed by atoms with Crippen LogP contribution in [0.25, 0.3) is 0 Å². The van der Waals surface area contributed by atoms with Gasteiger partial charge in [-0.3, -0.25) is 0 Å². The summed E-state index contributed by atoms with van der Waals surface area (Å²) in [5.74, 6) is 0. The molecule has 24 heavy (non-hydrogen) atoms. The van der Waals surface area contributed by atoms with Gasteiger partial charge in [-0.1, -0.05) is 23.8 Å². The third-order valence-electron chi connectivity index (χ3n) is 3.18. The molecular formula is C15H12F5NO2S. The van der Waals surface area contributed by atoms with Gasteiger partial charge in [0.1, 0.15) is 0 Å². The molecule has 9 heteroatoms. The second-order valence-corrected chi connectivity index (χ2v) is 6.75. The van der Waals surface area contributed by atoms with Crippen molar-refractivity contribution in [2.24, 2.45) is 0 Å². The molecule has 0 aliphatic heterocycles. The second-order valence-electron chi connectivity index (χ2n) is 4.94. The topological polar surface area (TPSA) is 37.4 Å². The molecule has 0 unspecified atom stereocenters. The number of benzene rings is 2. The minimum absolute atomic E-state index is 0.326. The van der Waals surface area contributed by atoms with E-state index >= 15 is 0 Å². The highest BCUT2D eigenvalue weighted by Crippen LogP contribution is 2.34. The average molecular weight is 365 g/mol. The van der Waals surface area contributed by atoms with Crippen molar-refractivity contribution in [1.29, 1.82) is 0 Å². The van der Waals surface area contributed by atoms with Crippen molar-refractivity contribution in [3.8, 4) is 0 Å². The van der Waals surface area contributed by atoms with Crippen LogP contribution in [0, 0.1) is 6.92 Å². The maximum absolute atomic E-state index is 13.3. The first-order chi connectivity index (χ1) is 11.0. The van der Waals surface area contributed by atoms with Gasteiger partial charge in [-0.05, 0) is 37.3 Å². The number of rotatable bonds is 4. The number of anilines is 1. The first-order valence-corrected chi connectivity index (χ1v) is 8.04. The summed E-state index contributed by atoms with van der Waals surface area (Å²) in [6.07, 6.45) is -4.78. The molecule has 3 nitrogen and oxygen atoms in total. The van der Waals surface area contributed by atoms with Crippen molar-refractivity contribution in [1.82, 2.24) is 0 Å². The molecule has 2 aromatic rings. The Morgan fingerprint density at radius 2 is 1.58 bits per heavy atom. The number of sulfonamides is 1. The van der Waals surface area contributed by atoms with Gasteiger partial charge < -0.3 is 0 Å². The number of hydrogen-bond acceptors (Lipinski definition) is 2. The maximum Gasteiger partial charge on any atom is 0.416 e. The first-order valence-electron chi connectivity index (χ1n) is 6.60. The standard InChI is InChI=1S/C15H12F5NO2S/c1-10-5-7-13(8-6-10)24(22,23)21(14(16)17)12-4-2-3-11(9-12)15(18,19)20/h2-9,14H,1H3. The minimum atomic E-state index is -4.78. The summed E-state index contributed by atoms with van der Waals surface area (Å²) in [4.78, 5) is -0.439. The van der Waals surface area contributed by atoms with Crippen molar-refractivity contribution in [3.63, 3.8) is 0 Å². The number of halogens is 5. The van der Waals surface area contributed by atoms with Crippen molar-refractivity contribution < 1.29 is 30.4 Å². The lowest BCUT2D eigenvalue weighted by molar-refractivity contribution is -0.137. The zero-order chi connectivity index (χ0) is 18.1. The first kappa shape index (κ1) is 18.2. The van der Waals surface area contributed by atoms with E-state index in [-0.39, 0.29) is 4.31 Å². The van der Waals surface area contributed by atoms with E-state index in [1.54, 1.807) is 6.92 Å². The fourth-order valence-corrected chi connectivity index (χ4v) is 3.31. The van der Waals surface area contributed by atoms with Gasteiger partial charge >= 0.3 is 12.7 Å². The Bertz CT molecular complexity index is 817. The van der Waals surface area contributed by atoms with E-state index in [4.69, 9.17) is 0 Å². The molecule has 0 amide bonds. The van der Waals surface area contributed by atoms with E-state index in [0.29, 0.717) is 17.7 Å². The summed E-state index contributed by atoms with van der Waals surface area (Å²) in [5.41, 5.74) is -1.28. The maximum atomic E-state index is 13.3. The molecule has 0 saturated heterocycles. The normalized spacial score (nSPS) is 12.5. The Labute approximate surface area is 135 Å². The summed E-state index contributed by atoms with van der Waals surface area (Å²) in [5, 5.41) is 0. The predicted octanol–water partition coefficient (Wildman–Crippen LogP) is 4.43. The van der Waals surface area contributed by atoms with Gasteiger partial charge in [0.05, 0.1) is 16.1 Å². The average Bonchev–Trinajstić information content (AvgIpc) is 2.46. The smallest absolute Gasteiger partial charge is 0.207 e. The minimum Gasteiger partial charge on any atom is -0.207 e. The lowest BCUT2D eigenvalue weighted by Crippen LogP contribution is -2.35. The van der Waals surface area contributed by atoms with Gasteiger partial charge in [0.25, 0.3) is 10.0 Å². The van der Waals surface area contributed by atoms with Crippen molar-refractivity contribution >= 4 is 15.7 Å². The van der Waals surface area contributed by atoms with Crippen LogP contribution in [0.4, 0.5) is 27.6 Å². The molecular weight excluding hydrogens is 353 g/mol. The number of hydrogen-bond donors (Lipinski definition) is 0. The molecule has 0 heterocycles. The number of nitrogens with zero attached hydrogens (tertiary/aromatic N) is 1. The monoisotopic (exact) mass is 365 g/mol. The molecule has 0 fully saturated rings. The molecule has 130 valence electrons. The largest absolute Gasteiger partial charge is 0.416 e. The van der Waals surface area contributed by atoms with E-state index in [0.717, 1.165) is 24.3 Å². The predicted molar refractivity (Wildman–Crippen MR) is 78.3 cm³/mol. The lowest BCUT2D eigenvalue weighted by atomic mass is 10.2. The van der Waals surface area contributed by atoms with Crippen LogP contribution >= 0.6 is 0 Å². The lowest BCUT2D eigenvalue weighted by Gasteiger charge is -2.24. The summed E-state index contributed by atoms with van der Waals surface area (Å²) in [6, 6.07) is 7.85. The fourth-order valence-electron chi connectivity index (χ4n) is 2.00. The highest BCUT2D eigenvalue weighted by Gasteiger charge is 2.35. The summed E-state index contributed by atoms with van der Waals surface area (Å²) >= 11 is 0. The third-order valence-corrected chi connectivity index (χ3v) is 4.94. The molecule has 0 atom stereocenters. The molecule has 0 saturated carbocycles. The zero-order valence-corrected chi connectivity index (χ0v) is 13.1. The van der Waals surface area contributed by atoms with Crippen LogP contribution in [-0.2, 0) is 16.2 Å². The summed E-state index contributed by atoms with van der Waals surface area (Å²) in [6.45, 7) is -1.87. The summed E-state index contributed by atoms with van der Waals surface area (Å²) < 4.78 is 89.4. The summed E-state index contributed by atoms with van der Waals surface area (Å²) in [7, 11) is -4.72. The van der Waals surface area contributed by atoms with Gasteiger partial charge in [0, 0.05) is 0 Å². The van der Waals surface area contributed by atoms with E-state index in [9.17, 15) is 30.4 Å². The molecule has 0 bridgehead atoms. The van der Waals surface area contributed by atoms with Crippen LogP contribution in [-0.4, -0.2) is 15.0 Å². The molecule has 0 aliphatic carbocycles. The van der Waals surface area contributed by atoms with E-state index in [1.165, 1.54) is 12.1 Å². The molecule has 0 aliphatic rings. The second kappa shape index (κ2) is 6.39. The Morgan fingerprint density at radius 3 is 2.08 bits per heavy atom. The highest BCUT2D eigenvalue weighted by molar-refractivity contribution is 7.92. The Kier molecular flexibility index (Phi) is 4.84. The van der Waals surface area contributed by atoms with Crippen molar-refractivity contribution in [2.75, 3.05) is 4.31 Å². The fraction of sp³-hybridized carbons (Fsp3) is 0.200. The Balaban J connectivity index is 2.56. The quantitative estimate of drug-likeness (QED) is 0.594. The number of aryl methyl sites for hydroxylation is 1. The van der Waals surface area contributed by atoms with E-state index in [1.807, 2.05) is 0 Å². The Hall–Kier alpha value is -2.16. The van der Waals surface area contributed by atoms with E-state index in [2.05, 4.69) is 0 Å². The number of alkyl halides is 5. The van der Waals surface area contributed by atoms with Gasteiger partial charge in [-0.2, -0.15) is 22.0 Å². The van der Waals surface area contributed by atoms with Gasteiger partial charge in [0.2, 0.25) is 0 Å². The third kappa shape index (κ3) is 3.66. The molecule has 2 rings (SSSR count). The van der Waals surface area contributed by atoms with Crippen LogP contribution in [0.2, 0.25) is 0 Å². The van der Waals surface area contributed by atoms with E-state index < -0.39 is 38.9 Å². The molecule has 0 spiro atoms. The highest BCUT2D eigenvalue weighted by atomic mass is 32.2. The SMILES string of the molecule is Cc1ccc(S(=O)(=O)N(c2cccc(C(F)(F)F)c2)C(F)F)cc1. The van der Waals surface area contributed by atoms with Crippen LogP contribution in [0.15, 0.2) is 53.4 Å². The van der Waals surface area contributed by atoms with Crippen molar-refractivity contribution in [3.05, 3.63) is 59.7 Å². The zero-order valence-electron chi connectivity index (χ0n) is 12.3. The van der Waals surface area contributed by atoms with Crippen LogP contribution in [0.1, 0.15) is 11.1 Å². The Morgan fingerprint density at radius 1 is 1.00 bits per heavy atom. The van der Waals surface area contributed by atoms with Crippen LogP contribution < -0.4 is 4.31 Å². The van der Waals surface area contributed by atoms with Gasteiger partial charge in [0.15, 0.2) is 0 Å². The van der Waals surface area contributed by atoms with Crippen LogP contribution in [0.3, 0.4) is 0 Å². The molecule has 2 aromatic carbocycles. The van der Waals surface area contributed by atoms with Crippen molar-refractivity contribution in [2.45, 2.75) is 24.5 Å². The molecule has 0 N–H and O–H groups in total. The van der Waals surface area contributed by atoms with Gasteiger partial charge in [-0.15, -0.1) is 0 Å². The molecule has 0 aromatic heterocycles.